The van der Waals surface area contributed by atoms with Crippen molar-refractivity contribution in [3.63, 3.8) is 0 Å². The maximum Gasteiger partial charge on any atom is 0.345 e. The van der Waals surface area contributed by atoms with E-state index in [2.05, 4.69) is 33.5 Å². The molecule has 0 saturated carbocycles. The predicted molar refractivity (Wildman–Crippen MR) is 159 cm³/mol. The van der Waals surface area contributed by atoms with Gasteiger partial charge in [0.2, 0.25) is 0 Å². The molecule has 10 nitrogen and oxygen atoms in total. The molecule has 0 bridgehead atoms. The van der Waals surface area contributed by atoms with Gasteiger partial charge in [-0.1, -0.05) is 84.5 Å². The Labute approximate surface area is 241 Å². The zero-order valence-corrected chi connectivity index (χ0v) is 25.0. The number of amides is 1. The third-order valence-corrected chi connectivity index (χ3v) is 7.58. The lowest BCUT2D eigenvalue weighted by Gasteiger charge is -2.36. The molecule has 228 valence electrons. The van der Waals surface area contributed by atoms with Gasteiger partial charge in [-0.25, -0.2) is 9.78 Å². The van der Waals surface area contributed by atoms with E-state index < -0.39 is 11.0 Å². The highest BCUT2D eigenvalue weighted by Crippen LogP contribution is 2.15. The lowest BCUT2D eigenvalue weighted by Crippen LogP contribution is -3.10. The molecular weight excluding hydrogens is 510 g/mol. The molecule has 2 heterocycles. The van der Waals surface area contributed by atoms with E-state index in [0.29, 0.717) is 18.0 Å². The van der Waals surface area contributed by atoms with Crippen LogP contribution in [0.15, 0.2) is 18.3 Å². The molecule has 0 radical (unpaired) electrons. The van der Waals surface area contributed by atoms with Gasteiger partial charge in [-0.3, -0.25) is 4.90 Å². The van der Waals surface area contributed by atoms with Crippen LogP contribution in [-0.4, -0.2) is 66.8 Å². The second-order valence-corrected chi connectivity index (χ2v) is 11.6. The summed E-state index contributed by atoms with van der Waals surface area (Å²) < 4.78 is 0. The van der Waals surface area contributed by atoms with Crippen LogP contribution in [0, 0.1) is 21.2 Å². The number of hydroxylamine groups is 2. The summed E-state index contributed by atoms with van der Waals surface area (Å²) in [6.07, 6.45) is 17.2. The molecule has 1 saturated heterocycles. The number of aromatic nitrogens is 1. The van der Waals surface area contributed by atoms with E-state index in [0.717, 1.165) is 77.1 Å². The van der Waals surface area contributed by atoms with Crippen molar-refractivity contribution in [2.45, 2.75) is 104 Å². The number of carbonyl (C=O) groups excluding carboxylic acids is 1. The monoisotopic (exact) mass is 563 g/mol. The van der Waals surface area contributed by atoms with E-state index in [1.807, 2.05) is 6.07 Å². The molecule has 10 heteroatoms. The van der Waals surface area contributed by atoms with Crippen LogP contribution in [0.2, 0.25) is 0 Å². The Morgan fingerprint density at radius 3 is 1.90 bits per heavy atom. The van der Waals surface area contributed by atoms with Gasteiger partial charge in [-0.2, -0.15) is 0 Å². The summed E-state index contributed by atoms with van der Waals surface area (Å²) in [5.74, 6) is 1.13. The summed E-state index contributed by atoms with van der Waals surface area (Å²) in [5.41, 5.74) is 0.398. The highest BCUT2D eigenvalue weighted by molar-refractivity contribution is 5.87. The molecule has 1 amide bonds. The third-order valence-electron chi connectivity index (χ3n) is 7.58. The maximum absolute atomic E-state index is 12.6. The van der Waals surface area contributed by atoms with Gasteiger partial charge < -0.3 is 20.0 Å². The molecule has 1 aromatic rings. The smallest absolute Gasteiger partial charge is 0.345 e. The minimum absolute atomic E-state index is 0.213. The Balaban J connectivity index is 1.44. The number of rotatable bonds is 22. The van der Waals surface area contributed by atoms with Crippen LogP contribution in [0.4, 0.5) is 5.82 Å². The molecule has 1 aliphatic heterocycles. The van der Waals surface area contributed by atoms with Crippen molar-refractivity contribution in [2.75, 3.05) is 50.8 Å². The zero-order valence-electron chi connectivity index (χ0n) is 25.0. The minimum atomic E-state index is -0.723. The van der Waals surface area contributed by atoms with E-state index in [1.165, 1.54) is 51.4 Å². The number of piperazine rings is 1. The van der Waals surface area contributed by atoms with Crippen molar-refractivity contribution < 1.29 is 19.8 Å². The fourth-order valence-corrected chi connectivity index (χ4v) is 5.31. The minimum Gasteiger partial charge on any atom is -0.626 e. The lowest BCUT2D eigenvalue weighted by atomic mass is 10.0. The molecular formula is C30H53N5O5. The van der Waals surface area contributed by atoms with Crippen molar-refractivity contribution in [3.05, 3.63) is 39.2 Å². The third kappa shape index (κ3) is 14.9. The number of nitrogens with one attached hydrogen (secondary N) is 1. The highest BCUT2D eigenvalue weighted by Gasteiger charge is 2.20. The van der Waals surface area contributed by atoms with Crippen LogP contribution in [0.25, 0.3) is 0 Å². The van der Waals surface area contributed by atoms with E-state index in [1.54, 1.807) is 12.3 Å². The van der Waals surface area contributed by atoms with Crippen molar-refractivity contribution in [1.29, 1.82) is 0 Å². The van der Waals surface area contributed by atoms with Crippen molar-refractivity contribution in [2.24, 2.45) is 5.92 Å². The number of nitrogens with zero attached hydrogens (tertiary/aromatic N) is 4. The summed E-state index contributed by atoms with van der Waals surface area (Å²) >= 11 is 0. The first-order valence-electron chi connectivity index (χ1n) is 15.6. The SMILES string of the molecule is CC(C)CN1CCN(c2ccc(C(=O)[NH+]([O-])CCCCCCCCCCCCCCCCO[N+](=O)[O-])cn2)CC1. The van der Waals surface area contributed by atoms with Gasteiger partial charge in [-0.05, 0) is 37.3 Å². The molecule has 1 aromatic heterocycles. The van der Waals surface area contributed by atoms with Gasteiger partial charge in [0, 0.05) is 38.9 Å². The number of unbranched alkanes of at least 4 members (excludes halogenated alkanes) is 13. The molecule has 0 aromatic carbocycles. The molecule has 0 spiro atoms. The largest absolute Gasteiger partial charge is 0.626 e. The van der Waals surface area contributed by atoms with E-state index >= 15 is 0 Å². The van der Waals surface area contributed by atoms with Crippen molar-refractivity contribution >= 4 is 11.7 Å². The Morgan fingerprint density at radius 1 is 0.900 bits per heavy atom. The van der Waals surface area contributed by atoms with Gasteiger partial charge in [0.25, 0.3) is 5.09 Å². The number of hydrogen-bond acceptors (Lipinski definition) is 8. The number of pyridine rings is 1. The Morgan fingerprint density at radius 2 is 1.43 bits per heavy atom. The summed E-state index contributed by atoms with van der Waals surface area (Å²) in [6, 6.07) is 3.63. The van der Waals surface area contributed by atoms with Crippen LogP contribution in [0.5, 0.6) is 0 Å². The second kappa shape index (κ2) is 20.6. The predicted octanol–water partition coefficient (Wildman–Crippen LogP) is 5.05. The van der Waals surface area contributed by atoms with E-state index in [-0.39, 0.29) is 11.7 Å². The van der Waals surface area contributed by atoms with Crippen molar-refractivity contribution in [3.8, 4) is 0 Å². The molecule has 1 unspecified atom stereocenters. The average molecular weight is 564 g/mol. The summed E-state index contributed by atoms with van der Waals surface area (Å²) in [7, 11) is 0. The second-order valence-electron chi connectivity index (χ2n) is 11.6. The maximum atomic E-state index is 12.6. The van der Waals surface area contributed by atoms with Crippen LogP contribution in [0.3, 0.4) is 0 Å². The topological polar surface area (TPSA) is 116 Å². The van der Waals surface area contributed by atoms with Crippen LogP contribution in [0.1, 0.15) is 114 Å². The Bertz CT molecular complexity index is 815. The highest BCUT2D eigenvalue weighted by atomic mass is 16.9. The first-order chi connectivity index (χ1) is 19.4. The van der Waals surface area contributed by atoms with Gasteiger partial charge >= 0.3 is 5.91 Å². The molecule has 1 fully saturated rings. The number of anilines is 1. The fraction of sp³-hybridized carbons (Fsp3) is 0.800. The standard InChI is InChI=1S/C30H53N5O5/c1-27(2)26-32-20-22-33(23-21-32)29-18-17-28(25-31-29)30(36)34(37)19-15-13-11-9-7-5-3-4-6-8-10-12-14-16-24-40-35(38)39/h17-18,25,27,34H,3-16,19-24,26H2,1-2H3. The van der Waals surface area contributed by atoms with Gasteiger partial charge in [-0.15, -0.1) is 10.1 Å². The average Bonchev–Trinajstić information content (AvgIpc) is 2.94. The Kier molecular flexibility index (Phi) is 17.4. The Hall–Kier alpha value is -2.30. The molecule has 1 aliphatic rings. The summed E-state index contributed by atoms with van der Waals surface area (Å²) in [6.45, 7) is 10.0. The normalized spacial score (nSPS) is 14.9. The fourth-order valence-electron chi connectivity index (χ4n) is 5.31. The van der Waals surface area contributed by atoms with Gasteiger partial charge in [0.05, 0.1) is 18.7 Å². The number of hydrogen-bond donors (Lipinski definition) is 1. The zero-order chi connectivity index (χ0) is 29.0. The molecule has 2 rings (SSSR count). The lowest BCUT2D eigenvalue weighted by molar-refractivity contribution is -0.757. The first kappa shape index (κ1) is 33.9. The molecule has 1 N–H and O–H groups in total. The molecule has 1 atom stereocenters. The van der Waals surface area contributed by atoms with Crippen LogP contribution >= 0.6 is 0 Å². The summed E-state index contributed by atoms with van der Waals surface area (Å²) in [4.78, 5) is 36.1. The molecule has 40 heavy (non-hydrogen) atoms. The summed E-state index contributed by atoms with van der Waals surface area (Å²) in [5, 5.41) is 21.4. The van der Waals surface area contributed by atoms with E-state index in [9.17, 15) is 20.1 Å². The van der Waals surface area contributed by atoms with Crippen LogP contribution < -0.4 is 9.96 Å². The number of quaternary nitrogens is 1. The van der Waals surface area contributed by atoms with E-state index in [4.69, 9.17) is 0 Å². The number of carbonyl (C=O) groups is 1. The quantitative estimate of drug-likeness (QED) is 0.118. The van der Waals surface area contributed by atoms with Crippen molar-refractivity contribution in [1.82, 2.24) is 9.88 Å². The molecule has 0 aliphatic carbocycles. The van der Waals surface area contributed by atoms with Gasteiger partial charge in [0.15, 0.2) is 0 Å². The van der Waals surface area contributed by atoms with Crippen LogP contribution in [-0.2, 0) is 4.84 Å². The van der Waals surface area contributed by atoms with Gasteiger partial charge in [0.1, 0.15) is 5.82 Å². The first-order valence-corrected chi connectivity index (χ1v) is 15.6.